The highest BCUT2D eigenvalue weighted by Crippen LogP contribution is 2.37. The molecule has 0 saturated carbocycles. The van der Waals surface area contributed by atoms with E-state index in [1.54, 1.807) is 23.0 Å². The Hall–Kier alpha value is -2.58. The number of aromatic nitrogens is 4. The number of nitrogens with zero attached hydrogens (tertiary/aromatic N) is 4. The zero-order chi connectivity index (χ0) is 17.2. The third-order valence-electron chi connectivity index (χ3n) is 3.78. The lowest BCUT2D eigenvalue weighted by Crippen LogP contribution is -2.42. The first-order valence-corrected chi connectivity index (χ1v) is 7.20. The number of imidazole rings is 1. The maximum atomic E-state index is 14.4. The predicted molar refractivity (Wildman–Crippen MR) is 80.8 cm³/mol. The third-order valence-corrected chi connectivity index (χ3v) is 3.78. The fraction of sp³-hybridized carbons (Fsp3) is 0.250. The van der Waals surface area contributed by atoms with E-state index >= 15 is 0 Å². The summed E-state index contributed by atoms with van der Waals surface area (Å²) in [7, 11) is 1.38. The van der Waals surface area contributed by atoms with Crippen molar-refractivity contribution in [2.75, 3.05) is 7.11 Å². The molecule has 0 aliphatic carbocycles. The molecule has 2 heterocycles. The van der Waals surface area contributed by atoms with Gasteiger partial charge in [-0.1, -0.05) is 6.07 Å². The molecule has 3 aromatic rings. The van der Waals surface area contributed by atoms with Gasteiger partial charge in [-0.2, -0.15) is 5.10 Å². The van der Waals surface area contributed by atoms with Crippen LogP contribution >= 0.6 is 0 Å². The molecule has 0 spiro atoms. The van der Waals surface area contributed by atoms with E-state index in [1.165, 1.54) is 36.6 Å². The van der Waals surface area contributed by atoms with Crippen LogP contribution in [0.2, 0.25) is 0 Å². The Morgan fingerprint density at radius 2 is 2.12 bits per heavy atom. The van der Waals surface area contributed by atoms with Crippen molar-refractivity contribution in [2.45, 2.75) is 18.4 Å². The van der Waals surface area contributed by atoms with E-state index in [0.717, 1.165) is 12.1 Å². The lowest BCUT2D eigenvalue weighted by molar-refractivity contribution is -0.154. The first kappa shape index (κ1) is 16.3. The molecule has 2 atom stereocenters. The van der Waals surface area contributed by atoms with Gasteiger partial charge < -0.3 is 14.4 Å². The van der Waals surface area contributed by atoms with E-state index in [4.69, 9.17) is 4.74 Å². The van der Waals surface area contributed by atoms with E-state index in [1.807, 2.05) is 0 Å². The number of rotatable bonds is 6. The number of benzene rings is 1. The molecule has 1 N–H and O–H groups in total. The number of aliphatic hydroxyl groups is 1. The molecule has 6 nitrogen and oxygen atoms in total. The van der Waals surface area contributed by atoms with Crippen molar-refractivity contribution in [3.8, 4) is 0 Å². The van der Waals surface area contributed by atoms with Crippen molar-refractivity contribution in [2.24, 2.45) is 0 Å². The van der Waals surface area contributed by atoms with Gasteiger partial charge >= 0.3 is 0 Å². The average Bonchev–Trinajstić information content (AvgIpc) is 3.21. The van der Waals surface area contributed by atoms with Crippen molar-refractivity contribution in [1.82, 2.24) is 19.3 Å². The van der Waals surface area contributed by atoms with Gasteiger partial charge in [-0.3, -0.25) is 0 Å². The Morgan fingerprint density at radius 3 is 2.71 bits per heavy atom. The minimum Gasteiger partial charge on any atom is -0.378 e. The lowest BCUT2D eigenvalue weighted by Gasteiger charge is -2.36. The second-order valence-electron chi connectivity index (χ2n) is 5.36. The van der Waals surface area contributed by atoms with E-state index in [9.17, 15) is 13.9 Å². The fourth-order valence-corrected chi connectivity index (χ4v) is 2.74. The minimum absolute atomic E-state index is 0.0616. The number of hydrogen-bond acceptors (Lipinski definition) is 4. The van der Waals surface area contributed by atoms with E-state index < -0.39 is 23.5 Å². The van der Waals surface area contributed by atoms with Gasteiger partial charge in [-0.15, -0.1) is 0 Å². The molecule has 0 aliphatic heterocycles. The second-order valence-corrected chi connectivity index (χ2v) is 5.36. The van der Waals surface area contributed by atoms with Gasteiger partial charge in [0.2, 0.25) is 0 Å². The van der Waals surface area contributed by atoms with Crippen LogP contribution in [0.1, 0.15) is 11.8 Å². The van der Waals surface area contributed by atoms with Crippen molar-refractivity contribution >= 4 is 0 Å². The number of ether oxygens (including phenoxy) is 1. The van der Waals surface area contributed by atoms with Crippen LogP contribution in [0.15, 0.2) is 55.4 Å². The maximum absolute atomic E-state index is 14.4. The SMILES string of the molecule is CO[C@@H](n1cccn1)[C@@](O)(Cn1ccnc1)c1ccc(F)cc1F. The molecule has 0 bridgehead atoms. The van der Waals surface area contributed by atoms with Gasteiger partial charge in [0.15, 0.2) is 11.8 Å². The van der Waals surface area contributed by atoms with Crippen LogP contribution in [0.5, 0.6) is 0 Å². The second kappa shape index (κ2) is 6.50. The largest absolute Gasteiger partial charge is 0.378 e. The number of halogens is 2. The molecule has 24 heavy (non-hydrogen) atoms. The summed E-state index contributed by atoms with van der Waals surface area (Å²) in [5, 5.41) is 15.4. The first-order chi connectivity index (χ1) is 11.5. The third kappa shape index (κ3) is 2.93. The van der Waals surface area contributed by atoms with Gasteiger partial charge in [0.05, 0.1) is 12.9 Å². The van der Waals surface area contributed by atoms with Gasteiger partial charge in [-0.05, 0) is 12.1 Å². The molecular formula is C16H16F2N4O2. The zero-order valence-electron chi connectivity index (χ0n) is 12.9. The van der Waals surface area contributed by atoms with Gasteiger partial charge in [0.1, 0.15) is 11.6 Å². The summed E-state index contributed by atoms with van der Waals surface area (Å²) in [5.41, 5.74) is -1.95. The van der Waals surface area contributed by atoms with Crippen LogP contribution in [0.3, 0.4) is 0 Å². The standard InChI is InChI=1S/C16H16F2N4O2/c1-24-15(22-7-2-5-20-22)16(23,10-21-8-6-19-11-21)13-4-3-12(17)9-14(13)18/h2-9,11,15,23H,10H2,1H3/t15-,16-/m1/s1. The molecule has 0 fully saturated rings. The van der Waals surface area contributed by atoms with Crippen molar-refractivity contribution in [3.05, 3.63) is 72.6 Å². The van der Waals surface area contributed by atoms with Gasteiger partial charge in [-0.25, -0.2) is 18.4 Å². The molecule has 0 amide bonds. The topological polar surface area (TPSA) is 65.1 Å². The van der Waals surface area contributed by atoms with E-state index in [2.05, 4.69) is 10.1 Å². The summed E-state index contributed by atoms with van der Waals surface area (Å²) in [6.45, 7) is -0.0616. The normalized spacial score (nSPS) is 15.2. The number of methoxy groups -OCH3 is 1. The summed E-state index contributed by atoms with van der Waals surface area (Å²) in [6.07, 6.45) is 6.73. The Bertz CT molecular complexity index is 793. The van der Waals surface area contributed by atoms with Crippen LogP contribution < -0.4 is 0 Å². The predicted octanol–water partition coefficient (Wildman–Crippen LogP) is 2.09. The molecule has 2 aromatic heterocycles. The van der Waals surface area contributed by atoms with Crippen molar-refractivity contribution < 1.29 is 18.6 Å². The molecule has 1 aromatic carbocycles. The van der Waals surface area contributed by atoms with Crippen molar-refractivity contribution in [3.63, 3.8) is 0 Å². The molecule has 0 aliphatic rings. The molecular weight excluding hydrogens is 318 g/mol. The summed E-state index contributed by atoms with van der Waals surface area (Å²) in [6, 6.07) is 4.68. The van der Waals surface area contributed by atoms with Crippen LogP contribution in [0, 0.1) is 11.6 Å². The van der Waals surface area contributed by atoms with E-state index in [0.29, 0.717) is 0 Å². The van der Waals surface area contributed by atoms with Gasteiger partial charge in [0, 0.05) is 43.5 Å². The van der Waals surface area contributed by atoms with Crippen LogP contribution in [-0.2, 0) is 16.9 Å². The monoisotopic (exact) mass is 334 g/mol. The van der Waals surface area contributed by atoms with E-state index in [-0.39, 0.29) is 12.1 Å². The Kier molecular flexibility index (Phi) is 4.41. The molecule has 3 rings (SSSR count). The number of hydrogen-bond donors (Lipinski definition) is 1. The summed E-state index contributed by atoms with van der Waals surface area (Å²) < 4.78 is 36.0. The van der Waals surface area contributed by atoms with Crippen LogP contribution in [-0.4, -0.2) is 31.5 Å². The molecule has 0 radical (unpaired) electrons. The Balaban J connectivity index is 2.12. The average molecular weight is 334 g/mol. The molecule has 8 heteroatoms. The van der Waals surface area contributed by atoms with Gasteiger partial charge in [0.25, 0.3) is 0 Å². The Labute approximate surface area is 136 Å². The van der Waals surface area contributed by atoms with Crippen LogP contribution in [0.25, 0.3) is 0 Å². The van der Waals surface area contributed by atoms with Crippen molar-refractivity contribution in [1.29, 1.82) is 0 Å². The summed E-state index contributed by atoms with van der Waals surface area (Å²) >= 11 is 0. The molecule has 0 unspecified atom stereocenters. The highest BCUT2D eigenvalue weighted by molar-refractivity contribution is 5.26. The fourth-order valence-electron chi connectivity index (χ4n) is 2.74. The maximum Gasteiger partial charge on any atom is 0.184 e. The first-order valence-electron chi connectivity index (χ1n) is 7.20. The smallest absolute Gasteiger partial charge is 0.184 e. The Morgan fingerprint density at radius 1 is 1.29 bits per heavy atom. The summed E-state index contributed by atoms with van der Waals surface area (Å²) in [5.74, 6) is -1.60. The highest BCUT2D eigenvalue weighted by Gasteiger charge is 2.43. The van der Waals surface area contributed by atoms with Crippen LogP contribution in [0.4, 0.5) is 8.78 Å². The molecule has 0 saturated heterocycles. The molecule has 126 valence electrons. The lowest BCUT2D eigenvalue weighted by atomic mass is 9.90. The minimum atomic E-state index is -1.85. The summed E-state index contributed by atoms with van der Waals surface area (Å²) in [4.78, 5) is 3.92. The quantitative estimate of drug-likeness (QED) is 0.750. The highest BCUT2D eigenvalue weighted by atomic mass is 19.1. The zero-order valence-corrected chi connectivity index (χ0v) is 12.9.